The van der Waals surface area contributed by atoms with Crippen LogP contribution in [0, 0.1) is 11.6 Å². The van der Waals surface area contributed by atoms with Crippen molar-refractivity contribution in [1.29, 1.82) is 0 Å². The normalized spacial score (nSPS) is 18.4. The third kappa shape index (κ3) is 3.55. The molecule has 158 valence electrons. The highest BCUT2D eigenvalue weighted by Gasteiger charge is 2.35. The first-order valence-corrected chi connectivity index (χ1v) is 9.86. The number of amides is 2. The zero-order chi connectivity index (χ0) is 21.4. The van der Waals surface area contributed by atoms with Crippen LogP contribution < -0.4 is 10.7 Å². The van der Waals surface area contributed by atoms with Gasteiger partial charge in [-0.05, 0) is 18.9 Å². The second kappa shape index (κ2) is 7.89. The van der Waals surface area contributed by atoms with Gasteiger partial charge in [-0.25, -0.2) is 8.78 Å². The molecule has 1 aromatic carbocycles. The number of halogens is 2. The van der Waals surface area contributed by atoms with Crippen molar-refractivity contribution in [3.05, 3.63) is 63.1 Å². The predicted octanol–water partition coefficient (Wildman–Crippen LogP) is 2.33. The first kappa shape index (κ1) is 20.1. The number of hydrogen-bond acceptors (Lipinski definition) is 4. The van der Waals surface area contributed by atoms with E-state index in [1.807, 2.05) is 0 Å². The van der Waals surface area contributed by atoms with Crippen LogP contribution in [0.4, 0.5) is 8.78 Å². The zero-order valence-corrected chi connectivity index (χ0v) is 16.2. The van der Waals surface area contributed by atoms with Gasteiger partial charge in [0.1, 0.15) is 17.2 Å². The largest absolute Gasteiger partial charge is 0.503 e. The standard InChI is InChI=1S/C21H21F2N3O4/c22-13-6-5-12(16(23)8-13)9-24-20(29)15-11-26-14-4-2-1-3-7-25(10-14)21(30)17(26)19(28)18(15)27/h5-6,8,11,14,28H,1-4,7,9-10H2,(H,24,29). The van der Waals surface area contributed by atoms with Crippen molar-refractivity contribution in [2.24, 2.45) is 0 Å². The highest BCUT2D eigenvalue weighted by Crippen LogP contribution is 2.31. The molecular formula is C21H21F2N3O4. The molecule has 3 heterocycles. The molecule has 4 rings (SSSR count). The summed E-state index contributed by atoms with van der Waals surface area (Å²) in [6, 6.07) is 2.82. The number of carbonyl (C=O) groups excluding carboxylic acids is 2. The van der Waals surface area contributed by atoms with E-state index in [4.69, 9.17) is 0 Å². The first-order chi connectivity index (χ1) is 14.4. The van der Waals surface area contributed by atoms with Crippen LogP contribution in [-0.4, -0.2) is 39.5 Å². The Balaban J connectivity index is 1.65. The number of rotatable bonds is 3. The minimum Gasteiger partial charge on any atom is -0.503 e. The fourth-order valence-corrected chi connectivity index (χ4v) is 4.07. The summed E-state index contributed by atoms with van der Waals surface area (Å²) in [6.07, 6.45) is 4.82. The highest BCUT2D eigenvalue weighted by atomic mass is 19.1. The van der Waals surface area contributed by atoms with Crippen LogP contribution in [0.3, 0.4) is 0 Å². The number of carbonyl (C=O) groups is 2. The lowest BCUT2D eigenvalue weighted by atomic mass is 9.99. The Morgan fingerprint density at radius 2 is 2.00 bits per heavy atom. The van der Waals surface area contributed by atoms with Crippen LogP contribution in [0.5, 0.6) is 5.75 Å². The molecule has 2 aromatic rings. The Labute approximate surface area is 170 Å². The fraction of sp³-hybridized carbons (Fsp3) is 0.381. The van der Waals surface area contributed by atoms with Crippen molar-refractivity contribution in [3.8, 4) is 5.75 Å². The Morgan fingerprint density at radius 1 is 1.20 bits per heavy atom. The fourth-order valence-electron chi connectivity index (χ4n) is 4.07. The quantitative estimate of drug-likeness (QED) is 0.802. The molecule has 7 nitrogen and oxygen atoms in total. The summed E-state index contributed by atoms with van der Waals surface area (Å²) < 4.78 is 28.3. The molecule has 0 radical (unpaired) electrons. The summed E-state index contributed by atoms with van der Waals surface area (Å²) in [5.41, 5.74) is -1.33. The number of nitrogens with zero attached hydrogens (tertiary/aromatic N) is 2. The molecule has 2 aliphatic heterocycles. The maximum absolute atomic E-state index is 13.8. The van der Waals surface area contributed by atoms with Gasteiger partial charge in [0.25, 0.3) is 11.8 Å². The summed E-state index contributed by atoms with van der Waals surface area (Å²) in [6.45, 7) is 0.757. The Kier molecular flexibility index (Phi) is 5.27. The third-order valence-electron chi connectivity index (χ3n) is 5.69. The van der Waals surface area contributed by atoms with Crippen LogP contribution in [0.2, 0.25) is 0 Å². The van der Waals surface area contributed by atoms with Crippen LogP contribution in [0.1, 0.15) is 58.1 Å². The van der Waals surface area contributed by atoms with Crippen molar-refractivity contribution in [3.63, 3.8) is 0 Å². The van der Waals surface area contributed by atoms with Gasteiger partial charge >= 0.3 is 0 Å². The molecule has 1 atom stereocenters. The van der Waals surface area contributed by atoms with Gasteiger partial charge in [0.05, 0.1) is 6.04 Å². The van der Waals surface area contributed by atoms with Crippen molar-refractivity contribution in [2.45, 2.75) is 38.3 Å². The van der Waals surface area contributed by atoms with E-state index in [1.54, 1.807) is 4.90 Å². The van der Waals surface area contributed by atoms with Gasteiger partial charge in [0, 0.05) is 37.5 Å². The van der Waals surface area contributed by atoms with Gasteiger partial charge < -0.3 is 19.9 Å². The Hall–Kier alpha value is -3.23. The molecule has 0 spiro atoms. The van der Waals surface area contributed by atoms with E-state index in [9.17, 15) is 28.3 Å². The SMILES string of the molecule is O=C(NCc1ccc(F)cc1F)c1cn2c(c(O)c1=O)C(=O)N1CCCCCC2C1. The van der Waals surface area contributed by atoms with E-state index in [2.05, 4.69) is 5.32 Å². The number of aromatic hydroxyl groups is 1. The van der Waals surface area contributed by atoms with E-state index >= 15 is 0 Å². The van der Waals surface area contributed by atoms with Crippen molar-refractivity contribution in [1.82, 2.24) is 14.8 Å². The van der Waals surface area contributed by atoms with Crippen molar-refractivity contribution in [2.75, 3.05) is 13.1 Å². The number of hydrogen-bond donors (Lipinski definition) is 2. The van der Waals surface area contributed by atoms with Crippen LogP contribution in [-0.2, 0) is 6.54 Å². The molecule has 9 heteroatoms. The monoisotopic (exact) mass is 417 g/mol. The van der Waals surface area contributed by atoms with E-state index in [1.165, 1.54) is 16.8 Å². The number of fused-ring (bicyclic) bond motifs is 4. The summed E-state index contributed by atoms with van der Waals surface area (Å²) in [7, 11) is 0. The molecule has 0 aliphatic carbocycles. The third-order valence-corrected chi connectivity index (χ3v) is 5.69. The Bertz CT molecular complexity index is 1080. The lowest BCUT2D eigenvalue weighted by molar-refractivity contribution is 0.0631. The maximum atomic E-state index is 13.8. The molecule has 1 fully saturated rings. The lowest BCUT2D eigenvalue weighted by Gasteiger charge is -2.38. The van der Waals surface area contributed by atoms with Crippen LogP contribution in [0.25, 0.3) is 0 Å². The second-order valence-corrected chi connectivity index (χ2v) is 7.65. The first-order valence-electron chi connectivity index (χ1n) is 9.86. The molecule has 0 saturated carbocycles. The summed E-state index contributed by atoms with van der Waals surface area (Å²) in [5.74, 6) is -3.55. The summed E-state index contributed by atoms with van der Waals surface area (Å²) in [4.78, 5) is 39.6. The van der Waals surface area contributed by atoms with Crippen LogP contribution in [0.15, 0.2) is 29.2 Å². The molecule has 2 bridgehead atoms. The van der Waals surface area contributed by atoms with Crippen molar-refractivity contribution >= 4 is 11.8 Å². The highest BCUT2D eigenvalue weighted by molar-refractivity contribution is 5.99. The van der Waals surface area contributed by atoms with Crippen molar-refractivity contribution < 1.29 is 23.5 Å². The van der Waals surface area contributed by atoms with Gasteiger partial charge in [-0.3, -0.25) is 14.4 Å². The minimum absolute atomic E-state index is 0.0536. The lowest BCUT2D eigenvalue weighted by Crippen LogP contribution is -2.46. The predicted molar refractivity (Wildman–Crippen MR) is 103 cm³/mol. The van der Waals surface area contributed by atoms with Gasteiger partial charge in [-0.15, -0.1) is 0 Å². The molecule has 2 aliphatic rings. The summed E-state index contributed by atoms with van der Waals surface area (Å²) >= 11 is 0. The van der Waals surface area contributed by atoms with E-state index in [-0.39, 0.29) is 29.4 Å². The number of nitrogens with one attached hydrogen (secondary N) is 1. The number of pyridine rings is 1. The molecule has 2 N–H and O–H groups in total. The second-order valence-electron chi connectivity index (χ2n) is 7.65. The van der Waals surface area contributed by atoms with Crippen LogP contribution >= 0.6 is 0 Å². The minimum atomic E-state index is -0.954. The van der Waals surface area contributed by atoms with E-state index in [0.29, 0.717) is 19.2 Å². The average Bonchev–Trinajstić information content (AvgIpc) is 2.68. The summed E-state index contributed by atoms with van der Waals surface area (Å²) in [5, 5.41) is 12.9. The van der Waals surface area contributed by atoms with E-state index < -0.39 is 34.6 Å². The molecule has 2 amide bonds. The van der Waals surface area contributed by atoms with Gasteiger partial charge in [0.2, 0.25) is 5.43 Å². The Morgan fingerprint density at radius 3 is 2.77 bits per heavy atom. The number of aromatic nitrogens is 1. The van der Waals surface area contributed by atoms with E-state index in [0.717, 1.165) is 31.7 Å². The van der Waals surface area contributed by atoms with Gasteiger partial charge in [0.15, 0.2) is 11.4 Å². The molecule has 1 aromatic heterocycles. The maximum Gasteiger partial charge on any atom is 0.274 e. The van der Waals surface area contributed by atoms with Gasteiger partial charge in [-0.1, -0.05) is 18.9 Å². The zero-order valence-electron chi connectivity index (χ0n) is 16.2. The smallest absolute Gasteiger partial charge is 0.274 e. The number of benzene rings is 1. The van der Waals surface area contributed by atoms with Gasteiger partial charge in [-0.2, -0.15) is 0 Å². The molecule has 1 saturated heterocycles. The average molecular weight is 417 g/mol. The molecule has 1 unspecified atom stereocenters. The molecular weight excluding hydrogens is 396 g/mol. The molecule has 30 heavy (non-hydrogen) atoms. The topological polar surface area (TPSA) is 91.6 Å².